The van der Waals surface area contributed by atoms with Gasteiger partial charge in [-0.25, -0.2) is 4.79 Å². The molecular formula is C22H23ClN2O. The van der Waals surface area contributed by atoms with Crippen molar-refractivity contribution in [2.45, 2.75) is 40.0 Å². The highest BCUT2D eigenvalue weighted by atomic mass is 35.5. The summed E-state index contributed by atoms with van der Waals surface area (Å²) < 4.78 is 1.70. The molecule has 0 bridgehead atoms. The van der Waals surface area contributed by atoms with Crippen LogP contribution in [-0.4, -0.2) is 9.55 Å². The zero-order valence-electron chi connectivity index (χ0n) is 15.4. The average molecular weight is 367 g/mol. The number of fused-ring (bicyclic) bond motifs is 1. The van der Waals surface area contributed by atoms with E-state index in [0.29, 0.717) is 10.9 Å². The molecule has 0 N–H and O–H groups in total. The molecule has 2 aromatic carbocycles. The molecule has 1 saturated carbocycles. The van der Waals surface area contributed by atoms with Crippen LogP contribution in [0.3, 0.4) is 0 Å². The van der Waals surface area contributed by atoms with Crippen molar-refractivity contribution in [3.8, 4) is 5.69 Å². The molecule has 0 radical (unpaired) electrons. The van der Waals surface area contributed by atoms with Crippen molar-refractivity contribution in [1.82, 2.24) is 9.55 Å². The molecule has 0 saturated heterocycles. The second-order valence-corrected chi connectivity index (χ2v) is 8.16. The Labute approximate surface area is 158 Å². The van der Waals surface area contributed by atoms with Crippen molar-refractivity contribution < 1.29 is 0 Å². The number of benzene rings is 2. The Morgan fingerprint density at radius 3 is 2.58 bits per heavy atom. The molecule has 3 nitrogen and oxygen atoms in total. The maximum absolute atomic E-state index is 13.0. The second kappa shape index (κ2) is 6.55. The third-order valence-electron chi connectivity index (χ3n) is 5.54. The van der Waals surface area contributed by atoms with Gasteiger partial charge in [-0.15, -0.1) is 0 Å². The number of rotatable bonds is 3. The van der Waals surface area contributed by atoms with Crippen LogP contribution in [0.4, 0.5) is 0 Å². The number of hydrogen-bond donors (Lipinski definition) is 0. The van der Waals surface area contributed by atoms with Crippen LogP contribution in [0.1, 0.15) is 36.6 Å². The Bertz CT molecular complexity index is 1050. The lowest BCUT2D eigenvalue weighted by molar-refractivity contribution is 0.210. The fourth-order valence-corrected chi connectivity index (χ4v) is 4.57. The molecule has 0 spiro atoms. The molecule has 1 heterocycles. The topological polar surface area (TPSA) is 34.9 Å². The first kappa shape index (κ1) is 17.3. The van der Waals surface area contributed by atoms with Crippen molar-refractivity contribution in [3.05, 3.63) is 68.7 Å². The van der Waals surface area contributed by atoms with Gasteiger partial charge in [-0.05, 0) is 74.3 Å². The summed E-state index contributed by atoms with van der Waals surface area (Å²) in [6.45, 7) is 6.34. The zero-order valence-corrected chi connectivity index (χ0v) is 16.2. The van der Waals surface area contributed by atoms with E-state index in [1.54, 1.807) is 4.57 Å². The predicted octanol–water partition coefficient (Wildman–Crippen LogP) is 5.24. The van der Waals surface area contributed by atoms with Gasteiger partial charge in [0.15, 0.2) is 0 Å². The van der Waals surface area contributed by atoms with E-state index in [2.05, 4.69) is 18.8 Å². The van der Waals surface area contributed by atoms with Gasteiger partial charge in [0.05, 0.1) is 16.9 Å². The molecule has 3 aromatic rings. The van der Waals surface area contributed by atoms with E-state index in [4.69, 9.17) is 11.6 Å². The van der Waals surface area contributed by atoms with E-state index < -0.39 is 0 Å². The summed E-state index contributed by atoms with van der Waals surface area (Å²) in [4.78, 5) is 17.5. The smallest absolute Gasteiger partial charge is 0.260 e. The fraction of sp³-hybridized carbons (Fsp3) is 0.364. The van der Waals surface area contributed by atoms with E-state index in [-0.39, 0.29) is 5.69 Å². The maximum Gasteiger partial charge on any atom is 0.352 e. The molecule has 1 aliphatic carbocycles. The zero-order chi connectivity index (χ0) is 18.4. The van der Waals surface area contributed by atoms with Gasteiger partial charge in [0.2, 0.25) is 0 Å². The third kappa shape index (κ3) is 2.95. The number of aryl methyl sites for hydroxylation is 2. The molecule has 0 unspecified atom stereocenters. The van der Waals surface area contributed by atoms with Crippen LogP contribution in [0.25, 0.3) is 16.6 Å². The molecule has 1 fully saturated rings. The lowest BCUT2D eigenvalue weighted by atomic mass is 9.73. The predicted molar refractivity (Wildman–Crippen MR) is 107 cm³/mol. The second-order valence-electron chi connectivity index (χ2n) is 7.73. The minimum absolute atomic E-state index is 0.226. The van der Waals surface area contributed by atoms with Crippen LogP contribution in [0, 0.1) is 25.7 Å². The van der Waals surface area contributed by atoms with Gasteiger partial charge in [-0.1, -0.05) is 36.7 Å². The maximum atomic E-state index is 13.0. The van der Waals surface area contributed by atoms with E-state index in [9.17, 15) is 4.79 Å². The monoisotopic (exact) mass is 366 g/mol. The van der Waals surface area contributed by atoms with E-state index >= 15 is 0 Å². The Morgan fingerprint density at radius 1 is 1.15 bits per heavy atom. The molecule has 0 aliphatic heterocycles. The lowest BCUT2D eigenvalue weighted by Crippen LogP contribution is -2.28. The Hall–Kier alpha value is -2.13. The molecule has 134 valence electrons. The van der Waals surface area contributed by atoms with Crippen LogP contribution in [-0.2, 0) is 6.42 Å². The number of hydrogen-bond acceptors (Lipinski definition) is 2. The van der Waals surface area contributed by atoms with E-state index in [1.807, 2.05) is 43.3 Å². The molecule has 4 heteroatoms. The Balaban J connectivity index is 1.98. The van der Waals surface area contributed by atoms with Crippen LogP contribution in [0.5, 0.6) is 0 Å². The largest absolute Gasteiger partial charge is 0.352 e. The van der Waals surface area contributed by atoms with Crippen molar-refractivity contribution in [1.29, 1.82) is 0 Å². The highest BCUT2D eigenvalue weighted by Gasteiger charge is 2.27. The van der Waals surface area contributed by atoms with Crippen molar-refractivity contribution in [3.63, 3.8) is 0 Å². The highest BCUT2D eigenvalue weighted by molar-refractivity contribution is 6.31. The standard InChI is InChI=1S/C22H23ClN2O/c1-13-8-16(9-13)11-18-21-15(3)10-17(23)12-20(21)25(22(26)24-18)19-7-5-4-6-14(19)2/h4-7,10,12-13,16H,8-9,11H2,1-3H3. The molecule has 0 amide bonds. The van der Waals surface area contributed by atoms with Gasteiger partial charge >= 0.3 is 5.69 Å². The average Bonchev–Trinajstić information content (AvgIpc) is 2.54. The first-order chi connectivity index (χ1) is 12.4. The number of para-hydroxylation sites is 1. The van der Waals surface area contributed by atoms with Crippen LogP contribution in [0.2, 0.25) is 5.02 Å². The first-order valence-corrected chi connectivity index (χ1v) is 9.59. The van der Waals surface area contributed by atoms with Crippen LogP contribution < -0.4 is 5.69 Å². The van der Waals surface area contributed by atoms with Gasteiger partial charge in [-0.2, -0.15) is 4.98 Å². The Kier molecular flexibility index (Phi) is 4.36. The fourth-order valence-electron chi connectivity index (χ4n) is 4.31. The summed E-state index contributed by atoms with van der Waals surface area (Å²) in [7, 11) is 0. The van der Waals surface area contributed by atoms with Crippen molar-refractivity contribution in [2.24, 2.45) is 11.8 Å². The SMILES string of the molecule is Cc1ccccc1-n1c(=O)nc(CC2CC(C)C2)c2c(C)cc(Cl)cc21. The number of halogens is 1. The van der Waals surface area contributed by atoms with Gasteiger partial charge in [0.25, 0.3) is 0 Å². The Morgan fingerprint density at radius 2 is 1.88 bits per heavy atom. The highest BCUT2D eigenvalue weighted by Crippen LogP contribution is 2.37. The minimum Gasteiger partial charge on any atom is -0.260 e. The molecular weight excluding hydrogens is 344 g/mol. The third-order valence-corrected chi connectivity index (χ3v) is 5.76. The van der Waals surface area contributed by atoms with Gasteiger partial charge in [-0.3, -0.25) is 4.57 Å². The molecule has 0 atom stereocenters. The quantitative estimate of drug-likeness (QED) is 0.635. The number of nitrogens with zero attached hydrogens (tertiary/aromatic N) is 2. The lowest BCUT2D eigenvalue weighted by Gasteiger charge is -2.32. The summed E-state index contributed by atoms with van der Waals surface area (Å²) in [5.41, 5.74) is 4.52. The molecule has 1 aromatic heterocycles. The normalized spacial score (nSPS) is 19.5. The van der Waals surface area contributed by atoms with Crippen molar-refractivity contribution >= 4 is 22.5 Å². The van der Waals surface area contributed by atoms with Crippen LogP contribution >= 0.6 is 11.6 Å². The van der Waals surface area contributed by atoms with E-state index in [0.717, 1.165) is 45.7 Å². The summed E-state index contributed by atoms with van der Waals surface area (Å²) in [5, 5.41) is 1.71. The summed E-state index contributed by atoms with van der Waals surface area (Å²) >= 11 is 6.36. The molecule has 1 aliphatic rings. The van der Waals surface area contributed by atoms with Gasteiger partial charge < -0.3 is 0 Å². The molecule has 4 rings (SSSR count). The summed E-state index contributed by atoms with van der Waals surface area (Å²) in [5.74, 6) is 1.42. The van der Waals surface area contributed by atoms with Gasteiger partial charge in [0.1, 0.15) is 0 Å². The number of aromatic nitrogens is 2. The van der Waals surface area contributed by atoms with Crippen molar-refractivity contribution in [2.75, 3.05) is 0 Å². The van der Waals surface area contributed by atoms with E-state index in [1.165, 1.54) is 12.8 Å². The minimum atomic E-state index is -0.226. The summed E-state index contributed by atoms with van der Waals surface area (Å²) in [6.07, 6.45) is 3.31. The van der Waals surface area contributed by atoms with Crippen LogP contribution in [0.15, 0.2) is 41.2 Å². The summed E-state index contributed by atoms with van der Waals surface area (Å²) in [6, 6.07) is 11.7. The first-order valence-electron chi connectivity index (χ1n) is 9.22. The molecule has 26 heavy (non-hydrogen) atoms. The van der Waals surface area contributed by atoms with Gasteiger partial charge in [0, 0.05) is 10.4 Å².